The van der Waals surface area contributed by atoms with Crippen molar-refractivity contribution in [3.8, 4) is 0 Å². The summed E-state index contributed by atoms with van der Waals surface area (Å²) in [6.07, 6.45) is 5.85. The molecule has 1 aliphatic carbocycles. The van der Waals surface area contributed by atoms with E-state index in [0.717, 1.165) is 45.4 Å². The average molecular weight is 474 g/mol. The zero-order chi connectivity index (χ0) is 23.5. The van der Waals surface area contributed by atoms with Crippen LogP contribution in [0.3, 0.4) is 0 Å². The first-order valence-corrected chi connectivity index (χ1v) is 12.7. The van der Waals surface area contributed by atoms with Gasteiger partial charge in [0.05, 0.1) is 16.3 Å². The maximum absolute atomic E-state index is 13.9. The summed E-state index contributed by atoms with van der Waals surface area (Å²) in [5, 5.41) is 1.11. The molecule has 5 aromatic rings. The maximum Gasteiger partial charge on any atom is 0.271 e. The number of hydrogen-bond acceptors (Lipinski definition) is 3. The molecule has 1 N–H and O–H groups in total. The molecule has 0 saturated carbocycles. The third-order valence-electron chi connectivity index (χ3n) is 7.17. The summed E-state index contributed by atoms with van der Waals surface area (Å²) in [5.41, 5.74) is 9.26. The van der Waals surface area contributed by atoms with Gasteiger partial charge < -0.3 is 4.98 Å². The zero-order valence-electron chi connectivity index (χ0n) is 19.3. The van der Waals surface area contributed by atoms with Crippen molar-refractivity contribution in [3.63, 3.8) is 0 Å². The molecular formula is C30H23N3OS. The number of nitrogens with one attached hydrogen (secondary N) is 1. The van der Waals surface area contributed by atoms with Gasteiger partial charge in [0, 0.05) is 28.2 Å². The molecule has 7 rings (SSSR count). The number of thiazole rings is 1. The van der Waals surface area contributed by atoms with Gasteiger partial charge in [-0.25, -0.2) is 4.99 Å². The van der Waals surface area contributed by atoms with Crippen LogP contribution in [0.15, 0.2) is 94.4 Å². The highest BCUT2D eigenvalue weighted by Gasteiger charge is 2.32. The largest absolute Gasteiger partial charge is 0.361 e. The second-order valence-electron chi connectivity index (χ2n) is 9.31. The first-order valence-electron chi connectivity index (χ1n) is 11.9. The summed E-state index contributed by atoms with van der Waals surface area (Å²) in [6, 6.07) is 25.2. The number of rotatable bonds is 2. The van der Waals surface area contributed by atoms with Gasteiger partial charge in [-0.2, -0.15) is 0 Å². The predicted octanol–water partition coefficient (Wildman–Crippen LogP) is 5.11. The topological polar surface area (TPSA) is 50.1 Å². The first-order chi connectivity index (χ1) is 17.2. The van der Waals surface area contributed by atoms with Gasteiger partial charge in [0.25, 0.3) is 5.56 Å². The van der Waals surface area contributed by atoms with Gasteiger partial charge in [-0.05, 0) is 48.6 Å². The van der Waals surface area contributed by atoms with Crippen molar-refractivity contribution < 1.29 is 0 Å². The number of benzene rings is 3. The smallest absolute Gasteiger partial charge is 0.271 e. The summed E-state index contributed by atoms with van der Waals surface area (Å²) < 4.78 is 2.63. The summed E-state index contributed by atoms with van der Waals surface area (Å²) in [5.74, 6) is 0. The SMILES string of the molecule is Cc1ccc(C2C3=C(N=c4s/c(=C/c5c[nH]c6ccccc56)c(=O)n42)c2ccccc2CC3)cc1. The van der Waals surface area contributed by atoms with E-state index in [1.807, 2.05) is 29.0 Å². The zero-order valence-corrected chi connectivity index (χ0v) is 20.1. The summed E-state index contributed by atoms with van der Waals surface area (Å²) in [6.45, 7) is 2.10. The van der Waals surface area contributed by atoms with E-state index in [1.165, 1.54) is 33.6 Å². The number of para-hydroxylation sites is 1. The fourth-order valence-electron chi connectivity index (χ4n) is 5.43. The van der Waals surface area contributed by atoms with Gasteiger partial charge in [0.1, 0.15) is 0 Å². The average Bonchev–Trinajstić information content (AvgIpc) is 3.44. The van der Waals surface area contributed by atoms with Gasteiger partial charge in [0.2, 0.25) is 0 Å². The van der Waals surface area contributed by atoms with Crippen LogP contribution in [-0.4, -0.2) is 9.55 Å². The monoisotopic (exact) mass is 473 g/mol. The van der Waals surface area contributed by atoms with Crippen LogP contribution in [-0.2, 0) is 6.42 Å². The van der Waals surface area contributed by atoms with E-state index in [2.05, 4.69) is 72.6 Å². The van der Waals surface area contributed by atoms with Gasteiger partial charge in [0.15, 0.2) is 4.80 Å². The molecule has 0 fully saturated rings. The van der Waals surface area contributed by atoms with Crippen molar-refractivity contribution in [1.29, 1.82) is 0 Å². The molecule has 170 valence electrons. The molecule has 0 radical (unpaired) electrons. The van der Waals surface area contributed by atoms with Gasteiger partial charge in [-0.15, -0.1) is 0 Å². The van der Waals surface area contributed by atoms with Crippen LogP contribution in [0.1, 0.15) is 40.3 Å². The van der Waals surface area contributed by atoms with Crippen LogP contribution in [0, 0.1) is 6.92 Å². The normalized spacial score (nSPS) is 17.2. The highest BCUT2D eigenvalue weighted by molar-refractivity contribution is 7.07. The second-order valence-corrected chi connectivity index (χ2v) is 10.3. The van der Waals surface area contributed by atoms with Crippen LogP contribution in [0.2, 0.25) is 0 Å². The number of hydrogen-bond donors (Lipinski definition) is 1. The lowest BCUT2D eigenvalue weighted by Crippen LogP contribution is -2.38. The van der Waals surface area contributed by atoms with Crippen LogP contribution in [0.4, 0.5) is 0 Å². The van der Waals surface area contributed by atoms with Crippen molar-refractivity contribution in [2.45, 2.75) is 25.8 Å². The minimum absolute atomic E-state index is 0.0232. The Bertz CT molecular complexity index is 1830. The second kappa shape index (κ2) is 7.79. The number of fused-ring (bicyclic) bond motifs is 4. The molecule has 5 heteroatoms. The number of nitrogens with zero attached hydrogens (tertiary/aromatic N) is 2. The lowest BCUT2D eigenvalue weighted by molar-refractivity contribution is 0.585. The fraction of sp³-hybridized carbons (Fsp3) is 0.133. The first kappa shape index (κ1) is 20.4. The van der Waals surface area contributed by atoms with E-state index in [9.17, 15) is 4.79 Å². The van der Waals surface area contributed by atoms with Crippen molar-refractivity contribution in [2.75, 3.05) is 0 Å². The number of H-pyrrole nitrogens is 1. The molecule has 1 aliphatic heterocycles. The Hall–Kier alpha value is -3.96. The molecule has 0 bridgehead atoms. The third-order valence-corrected chi connectivity index (χ3v) is 8.16. The van der Waals surface area contributed by atoms with Gasteiger partial charge >= 0.3 is 0 Å². The minimum atomic E-state index is -0.139. The third kappa shape index (κ3) is 3.19. The molecule has 0 amide bonds. The summed E-state index contributed by atoms with van der Waals surface area (Å²) in [4.78, 5) is 23.1. The number of aryl methyl sites for hydroxylation is 2. The van der Waals surface area contributed by atoms with Crippen molar-refractivity contribution in [3.05, 3.63) is 132 Å². The Kier molecular flexibility index (Phi) is 4.54. The molecule has 3 aromatic carbocycles. The van der Waals surface area contributed by atoms with E-state index in [1.54, 1.807) is 0 Å². The van der Waals surface area contributed by atoms with E-state index < -0.39 is 0 Å². The van der Waals surface area contributed by atoms with E-state index >= 15 is 0 Å². The van der Waals surface area contributed by atoms with Crippen molar-refractivity contribution in [2.24, 2.45) is 4.99 Å². The highest BCUT2D eigenvalue weighted by Crippen LogP contribution is 2.41. The van der Waals surface area contributed by atoms with Crippen LogP contribution >= 0.6 is 11.3 Å². The lowest BCUT2D eigenvalue weighted by Gasteiger charge is -2.30. The molecule has 2 aliphatic rings. The van der Waals surface area contributed by atoms with Crippen LogP contribution in [0.25, 0.3) is 22.7 Å². The molecule has 1 unspecified atom stereocenters. The Morgan fingerprint density at radius 1 is 1.00 bits per heavy atom. The Morgan fingerprint density at radius 3 is 2.69 bits per heavy atom. The Labute approximate surface area is 206 Å². The van der Waals surface area contributed by atoms with Crippen molar-refractivity contribution >= 4 is 34.0 Å². The molecule has 1 atom stereocenters. The van der Waals surface area contributed by atoms with E-state index in [-0.39, 0.29) is 11.6 Å². The van der Waals surface area contributed by atoms with Gasteiger partial charge in [-0.3, -0.25) is 9.36 Å². The van der Waals surface area contributed by atoms with Gasteiger partial charge in [-0.1, -0.05) is 83.6 Å². The minimum Gasteiger partial charge on any atom is -0.361 e. The van der Waals surface area contributed by atoms with E-state index in [0.29, 0.717) is 4.53 Å². The van der Waals surface area contributed by atoms with Crippen LogP contribution in [0.5, 0.6) is 0 Å². The molecule has 4 nitrogen and oxygen atoms in total. The molecule has 2 aromatic heterocycles. The quantitative estimate of drug-likeness (QED) is 0.381. The number of allylic oxidation sites excluding steroid dienone is 1. The Balaban J connectivity index is 1.50. The molecular weight excluding hydrogens is 450 g/mol. The Morgan fingerprint density at radius 2 is 1.80 bits per heavy atom. The summed E-state index contributed by atoms with van der Waals surface area (Å²) >= 11 is 1.48. The number of aromatic nitrogens is 2. The van der Waals surface area contributed by atoms with E-state index in [4.69, 9.17) is 4.99 Å². The maximum atomic E-state index is 13.9. The van der Waals surface area contributed by atoms with Crippen molar-refractivity contribution in [1.82, 2.24) is 9.55 Å². The molecule has 0 saturated heterocycles. The molecule has 35 heavy (non-hydrogen) atoms. The summed E-state index contributed by atoms with van der Waals surface area (Å²) in [7, 11) is 0. The highest BCUT2D eigenvalue weighted by atomic mass is 32.1. The standard InChI is InChI=1S/C30H23N3OS/c1-18-10-12-20(13-11-18)28-24-15-14-19-6-2-3-8-23(19)27(24)32-30-33(28)29(34)26(35-30)16-21-17-31-25-9-5-4-7-22(21)25/h2-13,16-17,28,31H,14-15H2,1H3/b26-16+. The van der Waals surface area contributed by atoms with Crippen LogP contribution < -0.4 is 14.9 Å². The molecule has 3 heterocycles. The molecule has 0 spiro atoms. The lowest BCUT2D eigenvalue weighted by atomic mass is 9.83. The predicted molar refractivity (Wildman–Crippen MR) is 142 cm³/mol. The number of aromatic amines is 1. The fourth-order valence-corrected chi connectivity index (χ4v) is 6.42.